The lowest BCUT2D eigenvalue weighted by Gasteiger charge is -2.40. The molecular weight excluding hydrogens is 454 g/mol. The van der Waals surface area contributed by atoms with Gasteiger partial charge >= 0.3 is 0 Å². The smallest absolute Gasteiger partial charge is 0.188 e. The third-order valence-electron chi connectivity index (χ3n) is 6.83. The van der Waals surface area contributed by atoms with Crippen molar-refractivity contribution in [2.45, 2.75) is 26.2 Å². The van der Waals surface area contributed by atoms with Gasteiger partial charge in [0.1, 0.15) is 5.75 Å². The van der Waals surface area contributed by atoms with E-state index >= 15 is 0 Å². The first kappa shape index (κ1) is 23.2. The molecule has 0 fully saturated rings. The van der Waals surface area contributed by atoms with Crippen LogP contribution < -0.4 is 10.1 Å². The summed E-state index contributed by atoms with van der Waals surface area (Å²) in [6.07, 6.45) is 4.94. The summed E-state index contributed by atoms with van der Waals surface area (Å²) < 4.78 is 5.37. The van der Waals surface area contributed by atoms with Gasteiger partial charge in [0.25, 0.3) is 0 Å². The Hall–Kier alpha value is -3.56. The van der Waals surface area contributed by atoms with Gasteiger partial charge in [-0.1, -0.05) is 80.0 Å². The highest BCUT2D eigenvalue weighted by Gasteiger charge is 2.42. The number of halogens is 1. The number of hydrogen-bond acceptors (Lipinski definition) is 3. The van der Waals surface area contributed by atoms with Crippen LogP contribution in [0.15, 0.2) is 102 Å². The first-order valence-electron chi connectivity index (χ1n) is 11.8. The van der Waals surface area contributed by atoms with Gasteiger partial charge in [0.15, 0.2) is 5.78 Å². The lowest BCUT2D eigenvalue weighted by atomic mass is 9.67. The summed E-state index contributed by atoms with van der Waals surface area (Å²) >= 11 is 6.14. The number of ether oxygens (including phenoxy) is 1. The summed E-state index contributed by atoms with van der Waals surface area (Å²) in [5.74, 6) is 0.713. The summed E-state index contributed by atoms with van der Waals surface area (Å²) in [5, 5.41) is 4.30. The molecule has 4 heteroatoms. The number of allylic oxidation sites excluding steroid dienone is 4. The van der Waals surface area contributed by atoms with E-state index < -0.39 is 0 Å². The molecule has 0 amide bonds. The summed E-state index contributed by atoms with van der Waals surface area (Å²) in [7, 11) is 1.66. The van der Waals surface area contributed by atoms with Crippen LogP contribution in [0, 0.1) is 5.41 Å². The van der Waals surface area contributed by atoms with E-state index in [-0.39, 0.29) is 17.1 Å². The molecule has 0 saturated heterocycles. The molecule has 0 radical (unpaired) electrons. The molecule has 1 heterocycles. The van der Waals surface area contributed by atoms with Crippen molar-refractivity contribution in [3.8, 4) is 5.75 Å². The van der Waals surface area contributed by atoms with Crippen LogP contribution >= 0.6 is 11.6 Å². The van der Waals surface area contributed by atoms with E-state index in [9.17, 15) is 4.79 Å². The van der Waals surface area contributed by atoms with Crippen LogP contribution in [0.5, 0.6) is 5.75 Å². The average Bonchev–Trinajstić information content (AvgIpc) is 2.86. The Labute approximate surface area is 211 Å². The lowest BCUT2D eigenvalue weighted by molar-refractivity contribution is -0.113. The number of ketones is 1. The van der Waals surface area contributed by atoms with Crippen molar-refractivity contribution in [2.75, 3.05) is 7.11 Å². The molecule has 5 rings (SSSR count). The van der Waals surface area contributed by atoms with Gasteiger partial charge in [0, 0.05) is 33.5 Å². The van der Waals surface area contributed by atoms with Crippen molar-refractivity contribution in [2.24, 2.45) is 5.41 Å². The van der Waals surface area contributed by atoms with Crippen molar-refractivity contribution in [3.63, 3.8) is 0 Å². The van der Waals surface area contributed by atoms with Crippen LogP contribution in [-0.4, -0.2) is 12.9 Å². The predicted octanol–water partition coefficient (Wildman–Crippen LogP) is 7.41. The second-order valence-electron chi connectivity index (χ2n) is 9.71. The maximum atomic E-state index is 14.1. The first-order chi connectivity index (χ1) is 16.9. The van der Waals surface area contributed by atoms with E-state index in [0.717, 1.165) is 51.4 Å². The first-order valence-corrected chi connectivity index (χ1v) is 12.2. The number of hydrogen-bond donors (Lipinski definition) is 1. The third-order valence-corrected chi connectivity index (χ3v) is 7.08. The highest BCUT2D eigenvalue weighted by Crippen LogP contribution is 2.48. The molecule has 35 heavy (non-hydrogen) atoms. The molecule has 1 N–H and O–H groups in total. The Morgan fingerprint density at radius 3 is 2.31 bits per heavy atom. The number of Topliss-reactive ketones (excluding diaryl/α,β-unsaturated/α-hetero) is 1. The Balaban J connectivity index is 1.63. The molecule has 0 spiro atoms. The molecule has 1 aliphatic heterocycles. The molecule has 1 unspecified atom stereocenters. The molecule has 0 saturated carbocycles. The number of dihydropyridines is 1. The fraction of sp³-hybridized carbons (Fsp3) is 0.194. The fourth-order valence-electron chi connectivity index (χ4n) is 4.97. The maximum Gasteiger partial charge on any atom is 0.188 e. The number of carbonyl (C=O) groups is 1. The third kappa shape index (κ3) is 4.56. The SMILES string of the molecule is COc1ccc(C2C=C(c3ccc(Cl)cc3)NC3=C2C(=O)/C(=C\c2ccccc2)C(C)(C)C3)cc1. The standard InChI is InChI=1S/C31H28ClNO2/c1-31(2)19-28-29(30(34)26(31)17-20-7-5-4-6-8-20)25(21-11-15-24(35-3)16-12-21)18-27(33-28)22-9-13-23(32)14-10-22/h4-18,25,33H,19H2,1-3H3/b26-17+. The minimum atomic E-state index is -0.314. The molecule has 176 valence electrons. The Bertz CT molecular complexity index is 1350. The molecule has 0 aromatic heterocycles. The number of carbonyl (C=O) groups excluding carboxylic acids is 1. The van der Waals surface area contributed by atoms with Crippen LogP contribution in [0.3, 0.4) is 0 Å². The van der Waals surface area contributed by atoms with Crippen LogP contribution in [0.2, 0.25) is 5.02 Å². The minimum absolute atomic E-state index is 0.0971. The highest BCUT2D eigenvalue weighted by atomic mass is 35.5. The molecule has 1 atom stereocenters. The van der Waals surface area contributed by atoms with Crippen molar-refractivity contribution in [1.29, 1.82) is 0 Å². The summed E-state index contributed by atoms with van der Waals surface area (Å²) in [6.45, 7) is 4.29. The summed E-state index contributed by atoms with van der Waals surface area (Å²) in [4.78, 5) is 14.1. The van der Waals surface area contributed by atoms with Crippen molar-refractivity contribution in [3.05, 3.63) is 123 Å². The number of benzene rings is 3. The topological polar surface area (TPSA) is 38.3 Å². The van der Waals surface area contributed by atoms with Gasteiger partial charge < -0.3 is 10.1 Å². The van der Waals surface area contributed by atoms with E-state index in [2.05, 4.69) is 31.3 Å². The van der Waals surface area contributed by atoms with Crippen LogP contribution in [-0.2, 0) is 4.79 Å². The summed E-state index contributed by atoms with van der Waals surface area (Å²) in [5.41, 5.74) is 6.44. The van der Waals surface area contributed by atoms with Gasteiger partial charge in [0.2, 0.25) is 0 Å². The molecular formula is C31H28ClNO2. The van der Waals surface area contributed by atoms with Gasteiger partial charge in [-0.2, -0.15) is 0 Å². The number of nitrogens with one attached hydrogen (secondary N) is 1. The molecule has 3 aromatic rings. The average molecular weight is 482 g/mol. The lowest BCUT2D eigenvalue weighted by Crippen LogP contribution is -2.37. The second-order valence-corrected chi connectivity index (χ2v) is 10.2. The van der Waals surface area contributed by atoms with E-state index in [1.807, 2.05) is 78.9 Å². The molecule has 0 bridgehead atoms. The van der Waals surface area contributed by atoms with Gasteiger partial charge in [-0.05, 0) is 64.9 Å². The van der Waals surface area contributed by atoms with Crippen LogP contribution in [0.25, 0.3) is 11.8 Å². The monoisotopic (exact) mass is 481 g/mol. The zero-order valence-corrected chi connectivity index (χ0v) is 20.9. The van der Waals surface area contributed by atoms with Gasteiger partial charge in [-0.15, -0.1) is 0 Å². The number of rotatable bonds is 4. The van der Waals surface area contributed by atoms with E-state index in [4.69, 9.17) is 16.3 Å². The van der Waals surface area contributed by atoms with E-state index in [1.54, 1.807) is 7.11 Å². The maximum absolute atomic E-state index is 14.1. The Morgan fingerprint density at radius 1 is 0.971 bits per heavy atom. The van der Waals surface area contributed by atoms with Gasteiger partial charge in [-0.25, -0.2) is 0 Å². The van der Waals surface area contributed by atoms with Gasteiger partial charge in [-0.3, -0.25) is 4.79 Å². The number of methoxy groups -OCH3 is 1. The second kappa shape index (κ2) is 9.24. The quantitative estimate of drug-likeness (QED) is 0.394. The predicted molar refractivity (Wildman–Crippen MR) is 143 cm³/mol. The van der Waals surface area contributed by atoms with E-state index in [1.165, 1.54) is 0 Å². The Kier molecular flexibility index (Phi) is 6.12. The highest BCUT2D eigenvalue weighted by molar-refractivity contribution is 6.30. The minimum Gasteiger partial charge on any atom is -0.497 e. The molecule has 1 aliphatic carbocycles. The van der Waals surface area contributed by atoms with Gasteiger partial charge in [0.05, 0.1) is 7.11 Å². The Morgan fingerprint density at radius 2 is 1.66 bits per heavy atom. The van der Waals surface area contributed by atoms with Crippen molar-refractivity contribution < 1.29 is 9.53 Å². The molecule has 3 aromatic carbocycles. The fourth-order valence-corrected chi connectivity index (χ4v) is 5.09. The van der Waals surface area contributed by atoms with Crippen molar-refractivity contribution >= 4 is 29.2 Å². The van der Waals surface area contributed by atoms with Crippen LogP contribution in [0.4, 0.5) is 0 Å². The van der Waals surface area contributed by atoms with Crippen LogP contribution in [0.1, 0.15) is 42.9 Å². The zero-order chi connectivity index (χ0) is 24.6. The molecule has 3 nitrogen and oxygen atoms in total. The largest absolute Gasteiger partial charge is 0.497 e. The summed E-state index contributed by atoms with van der Waals surface area (Å²) in [6, 6.07) is 25.9. The molecule has 2 aliphatic rings. The van der Waals surface area contributed by atoms with E-state index in [0.29, 0.717) is 5.02 Å². The van der Waals surface area contributed by atoms with Crippen molar-refractivity contribution in [1.82, 2.24) is 5.32 Å². The normalized spacial score (nSPS) is 20.2. The zero-order valence-electron chi connectivity index (χ0n) is 20.1.